The van der Waals surface area contributed by atoms with Crippen LogP contribution in [0.5, 0.6) is 5.75 Å². The lowest BCUT2D eigenvalue weighted by Gasteiger charge is -2.29. The van der Waals surface area contributed by atoms with Gasteiger partial charge in [0.15, 0.2) is 0 Å². The molecule has 0 amide bonds. The SMILES string of the molecule is CC(C)(C)CN(CCCO)CCOc1cccc([N+](=O)[O-])c1. The van der Waals surface area contributed by atoms with E-state index in [0.29, 0.717) is 12.4 Å². The molecule has 0 radical (unpaired) electrons. The molecule has 1 aromatic rings. The molecule has 0 fully saturated rings. The van der Waals surface area contributed by atoms with Crippen LogP contribution < -0.4 is 4.74 Å². The molecule has 0 aromatic heterocycles. The van der Waals surface area contributed by atoms with Crippen LogP contribution in [0.4, 0.5) is 5.69 Å². The molecule has 6 heteroatoms. The first kappa shape index (κ1) is 18.4. The molecular formula is C16H26N2O4. The molecule has 0 saturated heterocycles. The van der Waals surface area contributed by atoms with Crippen LogP contribution in [0, 0.1) is 15.5 Å². The molecule has 0 heterocycles. The van der Waals surface area contributed by atoms with E-state index in [9.17, 15) is 10.1 Å². The van der Waals surface area contributed by atoms with Gasteiger partial charge in [0.05, 0.1) is 11.0 Å². The average Bonchev–Trinajstić information content (AvgIpc) is 2.43. The third kappa shape index (κ3) is 7.38. The van der Waals surface area contributed by atoms with Gasteiger partial charge >= 0.3 is 0 Å². The number of benzene rings is 1. The van der Waals surface area contributed by atoms with Crippen molar-refractivity contribution in [1.82, 2.24) is 4.90 Å². The number of aliphatic hydroxyl groups is 1. The number of hydrogen-bond acceptors (Lipinski definition) is 5. The second kappa shape index (κ2) is 8.70. The fraction of sp³-hybridized carbons (Fsp3) is 0.625. The van der Waals surface area contributed by atoms with Gasteiger partial charge in [0, 0.05) is 32.3 Å². The first-order valence-corrected chi connectivity index (χ1v) is 7.52. The fourth-order valence-electron chi connectivity index (χ4n) is 2.21. The number of nitrogens with zero attached hydrogens (tertiary/aromatic N) is 2. The summed E-state index contributed by atoms with van der Waals surface area (Å²) in [4.78, 5) is 12.5. The van der Waals surface area contributed by atoms with Crippen molar-refractivity contribution in [3.63, 3.8) is 0 Å². The van der Waals surface area contributed by atoms with E-state index in [-0.39, 0.29) is 17.7 Å². The van der Waals surface area contributed by atoms with Crippen LogP contribution in [0.2, 0.25) is 0 Å². The Labute approximate surface area is 131 Å². The Bertz CT molecular complexity index is 471. The number of non-ortho nitro benzene ring substituents is 1. The highest BCUT2D eigenvalue weighted by Crippen LogP contribution is 2.19. The minimum Gasteiger partial charge on any atom is -0.492 e. The molecule has 0 bridgehead atoms. The number of nitro groups is 1. The molecule has 6 nitrogen and oxygen atoms in total. The number of ether oxygens (including phenoxy) is 1. The Morgan fingerprint density at radius 1 is 1.32 bits per heavy atom. The van der Waals surface area contributed by atoms with E-state index < -0.39 is 4.92 Å². The van der Waals surface area contributed by atoms with Gasteiger partial charge in [0.2, 0.25) is 0 Å². The molecular weight excluding hydrogens is 284 g/mol. The van der Waals surface area contributed by atoms with Crippen molar-refractivity contribution in [2.75, 3.05) is 32.8 Å². The Morgan fingerprint density at radius 2 is 2.05 bits per heavy atom. The monoisotopic (exact) mass is 310 g/mol. The van der Waals surface area contributed by atoms with Crippen LogP contribution in [0.25, 0.3) is 0 Å². The summed E-state index contributed by atoms with van der Waals surface area (Å²) in [7, 11) is 0. The van der Waals surface area contributed by atoms with Crippen molar-refractivity contribution in [1.29, 1.82) is 0 Å². The largest absolute Gasteiger partial charge is 0.492 e. The maximum atomic E-state index is 10.7. The molecule has 0 aliphatic heterocycles. The average molecular weight is 310 g/mol. The van der Waals surface area contributed by atoms with E-state index in [1.54, 1.807) is 12.1 Å². The maximum Gasteiger partial charge on any atom is 0.273 e. The van der Waals surface area contributed by atoms with Gasteiger partial charge < -0.3 is 9.84 Å². The van der Waals surface area contributed by atoms with Crippen molar-refractivity contribution in [3.8, 4) is 5.75 Å². The van der Waals surface area contributed by atoms with Crippen molar-refractivity contribution in [2.24, 2.45) is 5.41 Å². The second-order valence-electron chi connectivity index (χ2n) is 6.52. The zero-order chi connectivity index (χ0) is 16.6. The molecule has 0 saturated carbocycles. The predicted octanol–water partition coefficient (Wildman–Crippen LogP) is 2.70. The van der Waals surface area contributed by atoms with Crippen molar-refractivity contribution in [2.45, 2.75) is 27.2 Å². The molecule has 1 N–H and O–H groups in total. The molecule has 22 heavy (non-hydrogen) atoms. The van der Waals surface area contributed by atoms with Gasteiger partial charge in [-0.15, -0.1) is 0 Å². The van der Waals surface area contributed by atoms with E-state index in [2.05, 4.69) is 25.7 Å². The van der Waals surface area contributed by atoms with Gasteiger partial charge in [-0.1, -0.05) is 26.8 Å². The molecule has 124 valence electrons. The molecule has 0 spiro atoms. The number of nitro benzene ring substituents is 1. The first-order chi connectivity index (χ1) is 10.3. The predicted molar refractivity (Wildman–Crippen MR) is 86.2 cm³/mol. The highest BCUT2D eigenvalue weighted by Gasteiger charge is 2.16. The highest BCUT2D eigenvalue weighted by molar-refractivity contribution is 5.37. The van der Waals surface area contributed by atoms with Gasteiger partial charge in [-0.3, -0.25) is 15.0 Å². The number of hydrogen-bond donors (Lipinski definition) is 1. The summed E-state index contributed by atoms with van der Waals surface area (Å²) in [6.45, 7) is 9.58. The smallest absolute Gasteiger partial charge is 0.273 e. The third-order valence-electron chi connectivity index (χ3n) is 3.04. The van der Waals surface area contributed by atoms with E-state index >= 15 is 0 Å². The molecule has 0 unspecified atom stereocenters. The minimum atomic E-state index is -0.431. The zero-order valence-corrected chi connectivity index (χ0v) is 13.6. The first-order valence-electron chi connectivity index (χ1n) is 7.52. The lowest BCUT2D eigenvalue weighted by molar-refractivity contribution is -0.384. The van der Waals surface area contributed by atoms with E-state index in [1.807, 2.05) is 0 Å². The topological polar surface area (TPSA) is 75.8 Å². The molecule has 1 rings (SSSR count). The van der Waals surface area contributed by atoms with Gasteiger partial charge in [0.25, 0.3) is 5.69 Å². The summed E-state index contributed by atoms with van der Waals surface area (Å²) >= 11 is 0. The van der Waals surface area contributed by atoms with Gasteiger partial charge in [-0.05, 0) is 17.9 Å². The van der Waals surface area contributed by atoms with Crippen molar-refractivity contribution < 1.29 is 14.8 Å². The van der Waals surface area contributed by atoms with Crippen LogP contribution in [-0.4, -0.2) is 47.8 Å². The summed E-state index contributed by atoms with van der Waals surface area (Å²) < 4.78 is 5.61. The Kier molecular flexibility index (Phi) is 7.27. The Balaban J connectivity index is 2.50. The Hall–Kier alpha value is -1.66. The summed E-state index contributed by atoms with van der Waals surface area (Å²) in [6, 6.07) is 6.21. The van der Waals surface area contributed by atoms with Crippen LogP contribution in [0.3, 0.4) is 0 Å². The summed E-state index contributed by atoms with van der Waals surface area (Å²) in [5.74, 6) is 0.507. The summed E-state index contributed by atoms with van der Waals surface area (Å²) in [5.41, 5.74) is 0.199. The lowest BCUT2D eigenvalue weighted by Crippen LogP contribution is -2.36. The second-order valence-corrected chi connectivity index (χ2v) is 6.52. The molecule has 1 aromatic carbocycles. The number of aliphatic hydroxyl groups excluding tert-OH is 1. The third-order valence-corrected chi connectivity index (χ3v) is 3.04. The minimum absolute atomic E-state index is 0.0318. The van der Waals surface area contributed by atoms with Crippen LogP contribution in [-0.2, 0) is 0 Å². The van der Waals surface area contributed by atoms with Gasteiger partial charge in [-0.2, -0.15) is 0 Å². The van der Waals surface area contributed by atoms with E-state index in [1.165, 1.54) is 12.1 Å². The lowest BCUT2D eigenvalue weighted by atomic mass is 9.96. The summed E-state index contributed by atoms with van der Waals surface area (Å²) in [6.07, 6.45) is 0.729. The maximum absolute atomic E-state index is 10.7. The fourth-order valence-corrected chi connectivity index (χ4v) is 2.21. The molecule has 0 aliphatic rings. The quantitative estimate of drug-likeness (QED) is 0.560. The molecule has 0 aliphatic carbocycles. The van der Waals surface area contributed by atoms with Gasteiger partial charge in [-0.25, -0.2) is 0 Å². The normalized spacial score (nSPS) is 11.7. The van der Waals surface area contributed by atoms with Crippen molar-refractivity contribution in [3.05, 3.63) is 34.4 Å². The van der Waals surface area contributed by atoms with Crippen LogP contribution in [0.1, 0.15) is 27.2 Å². The van der Waals surface area contributed by atoms with E-state index in [4.69, 9.17) is 9.84 Å². The molecule has 0 atom stereocenters. The van der Waals surface area contributed by atoms with Crippen LogP contribution in [0.15, 0.2) is 24.3 Å². The zero-order valence-electron chi connectivity index (χ0n) is 13.6. The van der Waals surface area contributed by atoms with E-state index in [0.717, 1.165) is 26.1 Å². The highest BCUT2D eigenvalue weighted by atomic mass is 16.6. The van der Waals surface area contributed by atoms with Crippen LogP contribution >= 0.6 is 0 Å². The Morgan fingerprint density at radius 3 is 2.64 bits per heavy atom. The summed E-state index contributed by atoms with van der Waals surface area (Å²) in [5, 5.41) is 19.7. The van der Waals surface area contributed by atoms with Gasteiger partial charge in [0.1, 0.15) is 12.4 Å². The van der Waals surface area contributed by atoms with Crippen molar-refractivity contribution >= 4 is 5.69 Å². The number of rotatable bonds is 9. The standard InChI is InChI=1S/C16H26N2O4/c1-16(2,3)13-17(8-5-10-19)9-11-22-15-7-4-6-14(12-15)18(20)21/h4,6-7,12,19H,5,8-11,13H2,1-3H3.